The van der Waals surface area contributed by atoms with Crippen LogP contribution in [0.2, 0.25) is 0 Å². The summed E-state index contributed by atoms with van der Waals surface area (Å²) in [5, 5.41) is 3.41. The van der Waals surface area contributed by atoms with Crippen molar-refractivity contribution in [2.45, 2.75) is 39.2 Å². The molecule has 0 bridgehead atoms. The van der Waals surface area contributed by atoms with Crippen LogP contribution in [-0.2, 0) is 0 Å². The Morgan fingerprint density at radius 1 is 1.29 bits per heavy atom. The summed E-state index contributed by atoms with van der Waals surface area (Å²) in [5.41, 5.74) is 1.22. The van der Waals surface area contributed by atoms with Gasteiger partial charge in [-0.25, -0.2) is 9.97 Å². The molecule has 0 amide bonds. The van der Waals surface area contributed by atoms with Gasteiger partial charge in [0.2, 0.25) is 0 Å². The number of nitrogens with zero attached hydrogens (tertiary/aromatic N) is 2. The predicted octanol–water partition coefficient (Wildman–Crippen LogP) is 1.97. The number of rotatable bonds is 5. The molecule has 14 heavy (non-hydrogen) atoms. The zero-order valence-corrected chi connectivity index (χ0v) is 9.20. The van der Waals surface area contributed by atoms with E-state index < -0.39 is 0 Å². The summed E-state index contributed by atoms with van der Waals surface area (Å²) in [6.45, 7) is 7.59. The van der Waals surface area contributed by atoms with Crippen LogP contribution in [0.5, 0.6) is 0 Å². The maximum Gasteiger partial charge on any atom is 0.115 e. The highest BCUT2D eigenvalue weighted by Gasteiger charge is 2.09. The van der Waals surface area contributed by atoms with Crippen LogP contribution < -0.4 is 5.32 Å². The summed E-state index contributed by atoms with van der Waals surface area (Å²) in [7, 11) is 0. The Bertz CT molecular complexity index is 248. The molecule has 0 aliphatic heterocycles. The molecule has 78 valence electrons. The average molecular weight is 193 g/mol. The van der Waals surface area contributed by atoms with E-state index in [1.165, 1.54) is 5.56 Å². The molecular weight excluding hydrogens is 174 g/mol. The summed E-state index contributed by atoms with van der Waals surface area (Å²) < 4.78 is 0. The van der Waals surface area contributed by atoms with Crippen LogP contribution >= 0.6 is 0 Å². The number of aromatic nitrogens is 2. The van der Waals surface area contributed by atoms with Crippen LogP contribution in [0.4, 0.5) is 0 Å². The van der Waals surface area contributed by atoms with E-state index in [1.54, 1.807) is 6.33 Å². The Morgan fingerprint density at radius 2 is 1.93 bits per heavy atom. The molecule has 1 N–H and O–H groups in total. The normalized spacial score (nSPS) is 15.1. The van der Waals surface area contributed by atoms with Crippen LogP contribution in [0, 0.1) is 0 Å². The van der Waals surface area contributed by atoms with Crippen molar-refractivity contribution in [2.24, 2.45) is 0 Å². The van der Waals surface area contributed by atoms with Crippen molar-refractivity contribution in [1.82, 2.24) is 15.3 Å². The van der Waals surface area contributed by atoms with E-state index in [0.29, 0.717) is 12.0 Å². The van der Waals surface area contributed by atoms with Crippen molar-refractivity contribution in [2.75, 3.05) is 6.54 Å². The van der Waals surface area contributed by atoms with E-state index in [1.807, 2.05) is 12.4 Å². The van der Waals surface area contributed by atoms with Gasteiger partial charge in [-0.1, -0.05) is 13.8 Å². The predicted molar refractivity (Wildman–Crippen MR) is 58.2 cm³/mol. The fourth-order valence-corrected chi connectivity index (χ4v) is 1.66. The maximum atomic E-state index is 4.03. The number of hydrogen-bond donors (Lipinski definition) is 1. The molecule has 1 heterocycles. The Kier molecular flexibility index (Phi) is 4.53. The molecule has 0 aliphatic rings. The summed E-state index contributed by atoms with van der Waals surface area (Å²) in [5.74, 6) is 0.519. The standard InChI is InChI=1S/C11H19N3/c1-4-14-10(3)5-9(2)11-6-12-8-13-7-11/h6-10,14H,4-5H2,1-3H3. The minimum atomic E-state index is 0.519. The van der Waals surface area contributed by atoms with Crippen molar-refractivity contribution < 1.29 is 0 Å². The van der Waals surface area contributed by atoms with Gasteiger partial charge in [-0.2, -0.15) is 0 Å². The van der Waals surface area contributed by atoms with E-state index in [9.17, 15) is 0 Å². The molecule has 0 saturated carbocycles. The molecule has 2 unspecified atom stereocenters. The second-order valence-corrected chi connectivity index (χ2v) is 3.77. The topological polar surface area (TPSA) is 37.8 Å². The summed E-state index contributed by atoms with van der Waals surface area (Å²) in [4.78, 5) is 8.06. The highest BCUT2D eigenvalue weighted by Crippen LogP contribution is 2.18. The Morgan fingerprint density at radius 3 is 2.50 bits per heavy atom. The molecule has 0 aromatic carbocycles. The fourth-order valence-electron chi connectivity index (χ4n) is 1.66. The van der Waals surface area contributed by atoms with Gasteiger partial charge in [0.25, 0.3) is 0 Å². The summed E-state index contributed by atoms with van der Waals surface area (Å²) >= 11 is 0. The van der Waals surface area contributed by atoms with E-state index >= 15 is 0 Å². The molecule has 0 fully saturated rings. The summed E-state index contributed by atoms with van der Waals surface area (Å²) in [6.07, 6.45) is 6.50. The average Bonchev–Trinajstić information content (AvgIpc) is 2.19. The van der Waals surface area contributed by atoms with Gasteiger partial charge in [0.05, 0.1) is 0 Å². The molecule has 1 aromatic rings. The largest absolute Gasteiger partial charge is 0.315 e. The third-order valence-electron chi connectivity index (χ3n) is 2.41. The molecule has 1 aromatic heterocycles. The van der Waals surface area contributed by atoms with Crippen LogP contribution in [0.15, 0.2) is 18.7 Å². The van der Waals surface area contributed by atoms with Crippen LogP contribution in [0.3, 0.4) is 0 Å². The Hall–Kier alpha value is -0.960. The fraction of sp³-hybridized carbons (Fsp3) is 0.636. The van der Waals surface area contributed by atoms with E-state index in [-0.39, 0.29) is 0 Å². The Labute approximate surface area is 86.0 Å². The van der Waals surface area contributed by atoms with E-state index in [0.717, 1.165) is 13.0 Å². The van der Waals surface area contributed by atoms with Gasteiger partial charge >= 0.3 is 0 Å². The van der Waals surface area contributed by atoms with Gasteiger partial charge in [-0.15, -0.1) is 0 Å². The molecule has 3 nitrogen and oxygen atoms in total. The first kappa shape index (κ1) is 11.1. The lowest BCUT2D eigenvalue weighted by Gasteiger charge is -2.17. The lowest BCUT2D eigenvalue weighted by atomic mass is 9.97. The first-order valence-electron chi connectivity index (χ1n) is 5.22. The van der Waals surface area contributed by atoms with Crippen molar-refractivity contribution >= 4 is 0 Å². The highest BCUT2D eigenvalue weighted by molar-refractivity contribution is 5.09. The second-order valence-electron chi connectivity index (χ2n) is 3.77. The van der Waals surface area contributed by atoms with Gasteiger partial charge < -0.3 is 5.32 Å². The molecule has 0 aliphatic carbocycles. The van der Waals surface area contributed by atoms with Crippen molar-refractivity contribution in [1.29, 1.82) is 0 Å². The third-order valence-corrected chi connectivity index (χ3v) is 2.41. The molecule has 0 saturated heterocycles. The molecule has 0 radical (unpaired) electrons. The molecule has 0 spiro atoms. The second kappa shape index (κ2) is 5.70. The van der Waals surface area contributed by atoms with Gasteiger partial charge in [-0.05, 0) is 31.4 Å². The lowest BCUT2D eigenvalue weighted by Crippen LogP contribution is -2.26. The van der Waals surface area contributed by atoms with Crippen molar-refractivity contribution in [3.8, 4) is 0 Å². The highest BCUT2D eigenvalue weighted by atomic mass is 14.9. The van der Waals surface area contributed by atoms with Crippen LogP contribution in [0.1, 0.15) is 38.7 Å². The van der Waals surface area contributed by atoms with E-state index in [2.05, 4.69) is 36.1 Å². The SMILES string of the molecule is CCNC(C)CC(C)c1cncnc1. The summed E-state index contributed by atoms with van der Waals surface area (Å²) in [6, 6.07) is 0.551. The zero-order valence-electron chi connectivity index (χ0n) is 9.20. The van der Waals surface area contributed by atoms with Gasteiger partial charge in [0, 0.05) is 18.4 Å². The van der Waals surface area contributed by atoms with E-state index in [4.69, 9.17) is 0 Å². The monoisotopic (exact) mass is 193 g/mol. The zero-order chi connectivity index (χ0) is 10.4. The van der Waals surface area contributed by atoms with Crippen LogP contribution in [0.25, 0.3) is 0 Å². The van der Waals surface area contributed by atoms with Crippen LogP contribution in [-0.4, -0.2) is 22.6 Å². The third kappa shape index (κ3) is 3.42. The molecule has 1 rings (SSSR count). The molecule has 2 atom stereocenters. The van der Waals surface area contributed by atoms with Gasteiger partial charge in [0.15, 0.2) is 0 Å². The minimum Gasteiger partial charge on any atom is -0.315 e. The number of nitrogens with one attached hydrogen (secondary N) is 1. The smallest absolute Gasteiger partial charge is 0.115 e. The molecular formula is C11H19N3. The lowest BCUT2D eigenvalue weighted by molar-refractivity contribution is 0.490. The van der Waals surface area contributed by atoms with Crippen molar-refractivity contribution in [3.05, 3.63) is 24.3 Å². The molecule has 3 heteroatoms. The first-order chi connectivity index (χ1) is 6.74. The quantitative estimate of drug-likeness (QED) is 0.777. The van der Waals surface area contributed by atoms with Gasteiger partial charge in [-0.3, -0.25) is 0 Å². The Balaban J connectivity index is 2.46. The van der Waals surface area contributed by atoms with Crippen molar-refractivity contribution in [3.63, 3.8) is 0 Å². The maximum absolute atomic E-state index is 4.03. The minimum absolute atomic E-state index is 0.519. The first-order valence-corrected chi connectivity index (χ1v) is 5.22. The van der Waals surface area contributed by atoms with Gasteiger partial charge in [0.1, 0.15) is 6.33 Å². The number of hydrogen-bond acceptors (Lipinski definition) is 3.